The lowest BCUT2D eigenvalue weighted by Gasteiger charge is -2.33. The van der Waals surface area contributed by atoms with Gasteiger partial charge < -0.3 is 18.8 Å². The number of ether oxygens (including phenoxy) is 3. The van der Waals surface area contributed by atoms with Crippen molar-refractivity contribution in [3.8, 4) is 22.9 Å². The van der Waals surface area contributed by atoms with Crippen molar-refractivity contribution in [2.24, 2.45) is 0 Å². The zero-order valence-electron chi connectivity index (χ0n) is 26.1. The maximum atomic E-state index is 14.9. The van der Waals surface area contributed by atoms with Crippen LogP contribution >= 0.6 is 23.1 Å². The lowest BCUT2D eigenvalue weighted by Crippen LogP contribution is -2.35. The van der Waals surface area contributed by atoms with Gasteiger partial charge in [0.05, 0.1) is 35.8 Å². The molecule has 11 heteroatoms. The Hall–Kier alpha value is -3.57. The first-order valence-corrected chi connectivity index (χ1v) is 17.7. The van der Waals surface area contributed by atoms with Crippen LogP contribution < -0.4 is 9.47 Å². The lowest BCUT2D eigenvalue weighted by atomic mass is 9.88. The average molecular weight is 672 g/mol. The number of piperidine rings is 1. The molecule has 0 radical (unpaired) electrons. The molecule has 3 aliphatic heterocycles. The highest BCUT2D eigenvalue weighted by atomic mass is 35.5. The molecule has 3 aromatic carbocycles. The summed E-state index contributed by atoms with van der Waals surface area (Å²) in [6, 6.07) is 17.0. The Morgan fingerprint density at radius 3 is 2.60 bits per heavy atom. The number of nitrogens with zero attached hydrogens (tertiary/aromatic N) is 5. The number of rotatable bonds is 8. The molecule has 47 heavy (non-hydrogen) atoms. The largest absolute Gasteiger partial charge is 0.444 e. The Labute approximate surface area is 281 Å². The molecule has 5 heterocycles. The number of halogens is 2. The third kappa shape index (κ3) is 5.49. The molecular weight excluding hydrogens is 637 g/mol. The maximum absolute atomic E-state index is 14.9. The zero-order valence-corrected chi connectivity index (χ0v) is 27.7. The van der Waals surface area contributed by atoms with Gasteiger partial charge in [-0.3, -0.25) is 4.90 Å². The lowest BCUT2D eigenvalue weighted by molar-refractivity contribution is -0.0712. The van der Waals surface area contributed by atoms with Crippen molar-refractivity contribution in [2.45, 2.75) is 75.8 Å². The SMILES string of the molecule is CC1(c2ccc(Cl)cc2F)Oc2cccc(C3CCN(Cc4nc5cc(-c6nsc(C7CC7)n6)ccc5n4CC4CCO4)CC3)c2O1. The van der Waals surface area contributed by atoms with Crippen molar-refractivity contribution in [3.63, 3.8) is 0 Å². The van der Waals surface area contributed by atoms with Gasteiger partial charge in [-0.25, -0.2) is 14.4 Å². The summed E-state index contributed by atoms with van der Waals surface area (Å²) in [7, 11) is 0. The zero-order chi connectivity index (χ0) is 31.7. The van der Waals surface area contributed by atoms with Crippen molar-refractivity contribution in [2.75, 3.05) is 19.7 Å². The second-order valence-electron chi connectivity index (χ2n) is 13.4. The van der Waals surface area contributed by atoms with Crippen LogP contribution in [0.15, 0.2) is 54.6 Å². The van der Waals surface area contributed by atoms with Crippen LogP contribution in [0.5, 0.6) is 11.5 Å². The molecule has 5 aromatic rings. The van der Waals surface area contributed by atoms with E-state index < -0.39 is 11.6 Å². The Bertz CT molecular complexity index is 1980. The van der Waals surface area contributed by atoms with Crippen molar-refractivity contribution in [1.82, 2.24) is 23.8 Å². The number of benzene rings is 3. The predicted octanol–water partition coefficient (Wildman–Crippen LogP) is 8.04. The van der Waals surface area contributed by atoms with Gasteiger partial charge in [-0.05, 0) is 105 Å². The summed E-state index contributed by atoms with van der Waals surface area (Å²) < 4.78 is 40.4. The van der Waals surface area contributed by atoms with Crippen LogP contribution in [0.3, 0.4) is 0 Å². The monoisotopic (exact) mass is 671 g/mol. The Morgan fingerprint density at radius 1 is 0.979 bits per heavy atom. The number of hydrogen-bond acceptors (Lipinski definition) is 8. The molecule has 0 N–H and O–H groups in total. The molecule has 1 saturated carbocycles. The number of imidazole rings is 1. The fourth-order valence-corrected chi connectivity index (χ4v) is 8.16. The summed E-state index contributed by atoms with van der Waals surface area (Å²) in [6.07, 6.45) is 5.70. The molecule has 2 aromatic heterocycles. The molecular formula is C36H35ClFN5O3S. The molecule has 9 rings (SSSR count). The number of likely N-dealkylation sites (tertiary alicyclic amines) is 1. The Balaban J connectivity index is 0.926. The van der Waals surface area contributed by atoms with Crippen molar-refractivity contribution < 1.29 is 18.6 Å². The van der Waals surface area contributed by atoms with E-state index in [0.717, 1.165) is 90.9 Å². The highest BCUT2D eigenvalue weighted by Gasteiger charge is 2.43. The van der Waals surface area contributed by atoms with Gasteiger partial charge >= 0.3 is 0 Å². The fourth-order valence-electron chi connectivity index (χ4n) is 7.16. The van der Waals surface area contributed by atoms with Gasteiger partial charge in [0.1, 0.15) is 16.6 Å². The second-order valence-corrected chi connectivity index (χ2v) is 14.6. The van der Waals surface area contributed by atoms with Crippen LogP contribution in [0.25, 0.3) is 22.4 Å². The third-order valence-corrected chi connectivity index (χ3v) is 11.2. The minimum atomic E-state index is -1.26. The number of aromatic nitrogens is 4. The minimum Gasteiger partial charge on any atom is -0.444 e. The number of fused-ring (bicyclic) bond motifs is 2. The van der Waals surface area contributed by atoms with Gasteiger partial charge in [0.15, 0.2) is 17.3 Å². The van der Waals surface area contributed by atoms with Crippen LogP contribution in [-0.2, 0) is 23.6 Å². The van der Waals surface area contributed by atoms with E-state index in [2.05, 4.69) is 38.1 Å². The normalized spacial score (nSPS) is 23.0. The topological polar surface area (TPSA) is 74.5 Å². The van der Waals surface area contributed by atoms with Crippen LogP contribution in [0.1, 0.15) is 72.8 Å². The molecule has 242 valence electrons. The van der Waals surface area contributed by atoms with E-state index in [-0.39, 0.29) is 6.10 Å². The first-order valence-electron chi connectivity index (χ1n) is 16.5. The molecule has 2 unspecified atom stereocenters. The van der Waals surface area contributed by atoms with E-state index in [1.165, 1.54) is 30.4 Å². The molecule has 8 nitrogen and oxygen atoms in total. The van der Waals surface area contributed by atoms with Crippen molar-refractivity contribution in [3.05, 3.63) is 87.4 Å². The molecule has 4 aliphatic rings. The Kier molecular flexibility index (Phi) is 7.26. The predicted molar refractivity (Wildman–Crippen MR) is 179 cm³/mol. The smallest absolute Gasteiger partial charge is 0.278 e. The van der Waals surface area contributed by atoms with Crippen molar-refractivity contribution in [1.29, 1.82) is 0 Å². The van der Waals surface area contributed by atoms with Gasteiger partial charge in [-0.15, -0.1) is 0 Å². The molecule has 2 atom stereocenters. The molecule has 0 amide bonds. The van der Waals surface area contributed by atoms with Gasteiger partial charge in [0, 0.05) is 35.6 Å². The van der Waals surface area contributed by atoms with E-state index in [4.69, 9.17) is 35.8 Å². The summed E-state index contributed by atoms with van der Waals surface area (Å²) in [4.78, 5) is 12.5. The second kappa shape index (κ2) is 11.5. The summed E-state index contributed by atoms with van der Waals surface area (Å²) in [5.41, 5.74) is 4.57. The van der Waals surface area contributed by atoms with Gasteiger partial charge in [0.25, 0.3) is 5.79 Å². The summed E-state index contributed by atoms with van der Waals surface area (Å²) in [5.74, 6) is 2.42. The highest BCUT2D eigenvalue weighted by molar-refractivity contribution is 7.05. The van der Waals surface area contributed by atoms with E-state index in [1.54, 1.807) is 19.1 Å². The first-order chi connectivity index (χ1) is 22.9. The fraction of sp³-hybridized carbons (Fsp3) is 0.417. The Morgan fingerprint density at radius 2 is 1.83 bits per heavy atom. The molecule has 3 fully saturated rings. The summed E-state index contributed by atoms with van der Waals surface area (Å²) in [6.45, 7) is 6.02. The van der Waals surface area contributed by atoms with Gasteiger partial charge in [-0.2, -0.15) is 4.37 Å². The van der Waals surface area contributed by atoms with Crippen LogP contribution in [-0.4, -0.2) is 49.6 Å². The highest BCUT2D eigenvalue weighted by Crippen LogP contribution is 2.50. The molecule has 1 aliphatic carbocycles. The third-order valence-electron chi connectivity index (χ3n) is 10.1. The van der Waals surface area contributed by atoms with E-state index >= 15 is 0 Å². The van der Waals surface area contributed by atoms with Gasteiger partial charge in [-0.1, -0.05) is 23.7 Å². The van der Waals surface area contributed by atoms with Crippen LogP contribution in [0, 0.1) is 5.82 Å². The van der Waals surface area contributed by atoms with E-state index in [1.807, 2.05) is 12.1 Å². The van der Waals surface area contributed by atoms with Crippen LogP contribution in [0.4, 0.5) is 4.39 Å². The maximum Gasteiger partial charge on any atom is 0.278 e. The van der Waals surface area contributed by atoms with Crippen molar-refractivity contribution >= 4 is 34.2 Å². The van der Waals surface area contributed by atoms with Gasteiger partial charge in [0.2, 0.25) is 0 Å². The number of para-hydroxylation sites is 1. The average Bonchev–Trinajstić information content (AvgIpc) is 3.50. The van der Waals surface area contributed by atoms with E-state index in [0.29, 0.717) is 33.9 Å². The molecule has 0 bridgehead atoms. The summed E-state index contributed by atoms with van der Waals surface area (Å²) in [5, 5.41) is 1.49. The molecule has 2 saturated heterocycles. The number of hydrogen-bond donors (Lipinski definition) is 0. The quantitative estimate of drug-likeness (QED) is 0.165. The minimum absolute atomic E-state index is 0.229. The summed E-state index contributed by atoms with van der Waals surface area (Å²) >= 11 is 7.54. The van der Waals surface area contributed by atoms with E-state index in [9.17, 15) is 4.39 Å². The standard InChI is InChI=1S/C36H35ClFN5O3S/c1-36(27-9-8-24(37)18-28(27)38)45-31-4-2-3-26(33(31)46-36)21-11-14-42(15-12-21)20-32-39-29-17-23(34-40-35(47-41-34)22-5-6-22)7-10-30(29)43(32)19-25-13-16-44-25/h2-4,7-10,17-18,21-22,25H,5-6,11-16,19-20H2,1H3. The first kappa shape index (κ1) is 29.6. The van der Waals surface area contributed by atoms with Crippen LogP contribution in [0.2, 0.25) is 5.02 Å². The molecule has 0 spiro atoms.